The van der Waals surface area contributed by atoms with E-state index in [0.29, 0.717) is 24.4 Å². The summed E-state index contributed by atoms with van der Waals surface area (Å²) < 4.78 is 16.3. The van der Waals surface area contributed by atoms with Crippen LogP contribution in [0.25, 0.3) is 10.8 Å². The van der Waals surface area contributed by atoms with E-state index in [9.17, 15) is 28.8 Å². The predicted octanol–water partition coefficient (Wildman–Crippen LogP) is 5.66. The van der Waals surface area contributed by atoms with Gasteiger partial charge in [-0.3, -0.25) is 24.0 Å². The highest BCUT2D eigenvalue weighted by atomic mass is 16.6. The van der Waals surface area contributed by atoms with Gasteiger partial charge in [-0.2, -0.15) is 0 Å². The lowest BCUT2D eigenvalue weighted by Gasteiger charge is -2.26. The lowest BCUT2D eigenvalue weighted by molar-refractivity contribution is -0.156. The Kier molecular flexibility index (Phi) is 16.9. The van der Waals surface area contributed by atoms with Crippen molar-refractivity contribution in [2.24, 2.45) is 5.92 Å². The summed E-state index contributed by atoms with van der Waals surface area (Å²) in [7, 11) is 0. The molecule has 3 aromatic rings. The highest BCUT2D eigenvalue weighted by Gasteiger charge is 2.33. The standard InChI is InChI=1S/C43H58N4O9/c1-28(2)22-23-44-38(50)33(20-21-36(48)55-42(3,4)5)45-40(52)35(26-37(49)56-43(6,7)8)46-39(51)34(47-41(53)54-27-29-14-10-9-11-15-29)25-30-18-19-31-16-12-13-17-32(31)24-30/h9-19,24,28,33-35H,20-23,25-27H2,1-8H3,(H,44,50)(H,45,52)(H,46,51)(H,47,53)/t33-,34-,35-/m0/s1. The zero-order valence-corrected chi connectivity index (χ0v) is 33.9. The van der Waals surface area contributed by atoms with Crippen molar-refractivity contribution in [2.75, 3.05) is 6.54 Å². The molecule has 56 heavy (non-hydrogen) atoms. The van der Waals surface area contributed by atoms with E-state index < -0.39 is 71.5 Å². The molecule has 0 heterocycles. The molecule has 3 rings (SSSR count). The van der Waals surface area contributed by atoms with Gasteiger partial charge in [-0.25, -0.2) is 4.79 Å². The van der Waals surface area contributed by atoms with Crippen LogP contribution in [-0.4, -0.2) is 71.6 Å². The lowest BCUT2D eigenvalue weighted by Crippen LogP contribution is -2.57. The summed E-state index contributed by atoms with van der Waals surface area (Å²) >= 11 is 0. The van der Waals surface area contributed by atoms with Gasteiger partial charge in [0.2, 0.25) is 17.7 Å². The molecule has 0 saturated carbocycles. The van der Waals surface area contributed by atoms with Crippen molar-refractivity contribution < 1.29 is 43.0 Å². The van der Waals surface area contributed by atoms with E-state index in [2.05, 4.69) is 21.3 Å². The molecule has 0 aliphatic heterocycles. The molecule has 0 radical (unpaired) electrons. The second kappa shape index (κ2) is 21.0. The van der Waals surface area contributed by atoms with Crippen molar-refractivity contribution in [3.63, 3.8) is 0 Å². The highest BCUT2D eigenvalue weighted by molar-refractivity contribution is 5.96. The fraction of sp³-hybridized carbons (Fsp3) is 0.488. The third kappa shape index (κ3) is 16.9. The van der Waals surface area contributed by atoms with Gasteiger partial charge in [-0.15, -0.1) is 0 Å². The first-order valence-corrected chi connectivity index (χ1v) is 19.0. The van der Waals surface area contributed by atoms with Crippen molar-refractivity contribution in [3.05, 3.63) is 83.9 Å². The lowest BCUT2D eigenvalue weighted by atomic mass is 10.0. The van der Waals surface area contributed by atoms with Crippen LogP contribution in [0.4, 0.5) is 4.79 Å². The van der Waals surface area contributed by atoms with E-state index >= 15 is 0 Å². The first-order valence-electron chi connectivity index (χ1n) is 19.0. The number of alkyl carbamates (subject to hydrolysis) is 1. The fourth-order valence-electron chi connectivity index (χ4n) is 5.55. The van der Waals surface area contributed by atoms with Crippen molar-refractivity contribution in [3.8, 4) is 0 Å². The molecule has 13 heteroatoms. The minimum atomic E-state index is -1.54. The average molecular weight is 775 g/mol. The molecule has 0 aliphatic carbocycles. The van der Waals surface area contributed by atoms with Gasteiger partial charge in [0.05, 0.1) is 6.42 Å². The number of amides is 4. The first kappa shape index (κ1) is 44.9. The Bertz CT molecular complexity index is 1800. The quantitative estimate of drug-likeness (QED) is 0.0938. The number of nitrogens with one attached hydrogen (secondary N) is 4. The number of ether oxygens (including phenoxy) is 3. The van der Waals surface area contributed by atoms with Gasteiger partial charge < -0.3 is 35.5 Å². The Hall–Kier alpha value is -5.46. The predicted molar refractivity (Wildman–Crippen MR) is 213 cm³/mol. The summed E-state index contributed by atoms with van der Waals surface area (Å²) in [5.74, 6) is -3.25. The fourth-order valence-corrected chi connectivity index (χ4v) is 5.55. The highest BCUT2D eigenvalue weighted by Crippen LogP contribution is 2.18. The maximum Gasteiger partial charge on any atom is 0.408 e. The van der Waals surface area contributed by atoms with Crippen molar-refractivity contribution in [1.82, 2.24) is 21.3 Å². The van der Waals surface area contributed by atoms with E-state index in [1.54, 1.807) is 65.8 Å². The molecule has 0 aromatic heterocycles. The Morgan fingerprint density at radius 2 is 1.20 bits per heavy atom. The van der Waals surface area contributed by atoms with E-state index in [1.807, 2.05) is 62.4 Å². The average Bonchev–Trinajstić information content (AvgIpc) is 3.10. The summed E-state index contributed by atoms with van der Waals surface area (Å²) in [6.07, 6.45) is -1.08. The van der Waals surface area contributed by atoms with Crippen LogP contribution in [0, 0.1) is 5.92 Å². The molecule has 4 N–H and O–H groups in total. The molecule has 3 aromatic carbocycles. The molecule has 4 amide bonds. The first-order chi connectivity index (χ1) is 26.3. The third-order valence-electron chi connectivity index (χ3n) is 8.21. The number of benzene rings is 3. The van der Waals surface area contributed by atoms with E-state index in [0.717, 1.165) is 16.3 Å². The number of hydrogen-bond donors (Lipinski definition) is 4. The minimum Gasteiger partial charge on any atom is -0.460 e. The molecular weight excluding hydrogens is 716 g/mol. The van der Waals surface area contributed by atoms with Crippen molar-refractivity contribution in [1.29, 1.82) is 0 Å². The summed E-state index contributed by atoms with van der Waals surface area (Å²) in [6, 6.07) is 18.3. The second-order valence-electron chi connectivity index (χ2n) is 16.2. The number of hydrogen-bond acceptors (Lipinski definition) is 9. The van der Waals surface area contributed by atoms with Gasteiger partial charge in [-0.1, -0.05) is 86.6 Å². The smallest absolute Gasteiger partial charge is 0.408 e. The number of carbonyl (C=O) groups excluding carboxylic acids is 6. The molecule has 0 spiro atoms. The molecule has 3 atom stereocenters. The van der Waals surface area contributed by atoms with Gasteiger partial charge >= 0.3 is 18.0 Å². The second-order valence-corrected chi connectivity index (χ2v) is 16.2. The Labute approximate surface area is 330 Å². The molecular formula is C43H58N4O9. The van der Waals surface area contributed by atoms with E-state index in [1.165, 1.54) is 0 Å². The maximum absolute atomic E-state index is 14.1. The van der Waals surface area contributed by atoms with Gasteiger partial charge in [0.15, 0.2) is 0 Å². The Morgan fingerprint density at radius 1 is 0.607 bits per heavy atom. The monoisotopic (exact) mass is 774 g/mol. The van der Waals surface area contributed by atoms with Crippen LogP contribution in [0.5, 0.6) is 0 Å². The molecule has 304 valence electrons. The Balaban J connectivity index is 1.90. The normalized spacial score (nSPS) is 13.2. The molecule has 0 saturated heterocycles. The number of esters is 2. The van der Waals surface area contributed by atoms with Crippen LogP contribution in [0.3, 0.4) is 0 Å². The van der Waals surface area contributed by atoms with E-state index in [-0.39, 0.29) is 25.9 Å². The van der Waals surface area contributed by atoms with Crippen LogP contribution in [0.2, 0.25) is 0 Å². The Morgan fingerprint density at radius 3 is 1.84 bits per heavy atom. The SMILES string of the molecule is CC(C)CCNC(=O)[C@H](CCC(=O)OC(C)(C)C)NC(=O)[C@H](CC(=O)OC(C)(C)C)NC(=O)[C@H](Cc1ccc2ccccc2c1)NC(=O)OCc1ccccc1. The molecule has 0 fully saturated rings. The molecule has 0 aliphatic rings. The van der Waals surface area contributed by atoms with Crippen LogP contribution in [-0.2, 0) is 51.2 Å². The van der Waals surface area contributed by atoms with Crippen LogP contribution in [0.15, 0.2) is 72.8 Å². The van der Waals surface area contributed by atoms with Gasteiger partial charge in [0.25, 0.3) is 0 Å². The van der Waals surface area contributed by atoms with Gasteiger partial charge in [0.1, 0.15) is 35.9 Å². The van der Waals surface area contributed by atoms with Crippen molar-refractivity contribution >= 4 is 46.5 Å². The van der Waals surface area contributed by atoms with Crippen LogP contribution < -0.4 is 21.3 Å². The number of fused-ring (bicyclic) bond motifs is 1. The molecule has 13 nitrogen and oxygen atoms in total. The van der Waals surface area contributed by atoms with E-state index in [4.69, 9.17) is 14.2 Å². The topological polar surface area (TPSA) is 178 Å². The van der Waals surface area contributed by atoms with Crippen molar-refractivity contribution in [2.45, 2.75) is 123 Å². The summed E-state index contributed by atoms with van der Waals surface area (Å²) in [5, 5.41) is 12.6. The third-order valence-corrected chi connectivity index (χ3v) is 8.21. The number of carbonyl (C=O) groups is 6. The zero-order valence-electron chi connectivity index (χ0n) is 33.9. The van der Waals surface area contributed by atoms with Crippen LogP contribution >= 0.6 is 0 Å². The summed E-state index contributed by atoms with van der Waals surface area (Å²) in [6.45, 7) is 14.4. The van der Waals surface area contributed by atoms with Gasteiger partial charge in [-0.05, 0) is 82.2 Å². The molecule has 0 bridgehead atoms. The maximum atomic E-state index is 14.1. The van der Waals surface area contributed by atoms with Crippen LogP contribution in [0.1, 0.15) is 92.2 Å². The zero-order chi connectivity index (χ0) is 41.5. The minimum absolute atomic E-state index is 0.00858. The molecule has 0 unspecified atom stereocenters. The number of rotatable bonds is 18. The largest absolute Gasteiger partial charge is 0.460 e. The summed E-state index contributed by atoms with van der Waals surface area (Å²) in [5.41, 5.74) is -0.219. The van der Waals surface area contributed by atoms with Gasteiger partial charge in [0, 0.05) is 19.4 Å². The summed E-state index contributed by atoms with van der Waals surface area (Å²) in [4.78, 5) is 80.4.